The highest BCUT2D eigenvalue weighted by molar-refractivity contribution is 5.92. The molecule has 2 N–H and O–H groups in total. The first kappa shape index (κ1) is 24.1. The summed E-state index contributed by atoms with van der Waals surface area (Å²) < 4.78 is 3.42. The minimum absolute atomic E-state index is 0.0912. The second kappa shape index (κ2) is 10.6. The van der Waals surface area contributed by atoms with E-state index in [2.05, 4.69) is 57.1 Å². The summed E-state index contributed by atoms with van der Waals surface area (Å²) in [5.41, 5.74) is 4.28. The van der Waals surface area contributed by atoms with Crippen LogP contribution in [0.25, 0.3) is 11.3 Å². The van der Waals surface area contributed by atoms with Gasteiger partial charge in [0.25, 0.3) is 11.5 Å². The normalized spacial score (nSPS) is 14.4. The summed E-state index contributed by atoms with van der Waals surface area (Å²) in [6, 6.07) is 21.4. The van der Waals surface area contributed by atoms with Crippen LogP contribution in [0, 0.1) is 5.92 Å². The molecule has 1 saturated carbocycles. The van der Waals surface area contributed by atoms with Crippen LogP contribution in [0.4, 0.5) is 0 Å². The molecule has 0 radical (unpaired) electrons. The maximum Gasteiger partial charge on any atom is 0.270 e. The van der Waals surface area contributed by atoms with E-state index in [4.69, 9.17) is 0 Å². The van der Waals surface area contributed by atoms with E-state index in [0.29, 0.717) is 5.65 Å². The molecule has 8 nitrogen and oxygen atoms in total. The van der Waals surface area contributed by atoms with Gasteiger partial charge in [-0.3, -0.25) is 14.0 Å². The Bertz CT molecular complexity index is 1640. The van der Waals surface area contributed by atoms with Crippen LogP contribution in [-0.2, 0) is 13.0 Å². The standard InChI is InChI=1S/C30H30N6O2/c37-29-16-26(34-28-11-4-5-14-36(28)29)30(38)32-18-24-20-35-19-23(12-13-27(35)33-24)25(31-17-22-9-6-10-22)15-21-7-2-1-3-8-21/h1-5,7-8,11-14,16,19-20,22,25,31H,6,9-10,15,17-18H2,(H,32,38). The zero-order chi connectivity index (χ0) is 25.9. The molecule has 1 aliphatic carbocycles. The molecule has 0 aliphatic heterocycles. The Morgan fingerprint density at radius 1 is 0.974 bits per heavy atom. The van der Waals surface area contributed by atoms with Gasteiger partial charge in [-0.05, 0) is 61.1 Å². The molecule has 1 amide bonds. The van der Waals surface area contributed by atoms with Gasteiger partial charge in [0.15, 0.2) is 0 Å². The van der Waals surface area contributed by atoms with Crippen molar-refractivity contribution in [2.24, 2.45) is 5.92 Å². The number of nitrogens with zero attached hydrogens (tertiary/aromatic N) is 4. The van der Waals surface area contributed by atoms with Crippen molar-refractivity contribution in [3.63, 3.8) is 0 Å². The van der Waals surface area contributed by atoms with Crippen LogP contribution < -0.4 is 16.2 Å². The Kier molecular flexibility index (Phi) is 6.71. The lowest BCUT2D eigenvalue weighted by atomic mass is 9.85. The fourth-order valence-electron chi connectivity index (χ4n) is 4.95. The second-order valence-electron chi connectivity index (χ2n) is 10.00. The smallest absolute Gasteiger partial charge is 0.270 e. The predicted octanol–water partition coefficient (Wildman–Crippen LogP) is 3.95. The number of nitrogens with one attached hydrogen (secondary N) is 2. The third kappa shape index (κ3) is 5.21. The van der Waals surface area contributed by atoms with Crippen LogP contribution >= 0.6 is 0 Å². The van der Waals surface area contributed by atoms with Gasteiger partial charge in [-0.25, -0.2) is 9.97 Å². The average molecular weight is 507 g/mol. The summed E-state index contributed by atoms with van der Waals surface area (Å²) in [7, 11) is 0. The fraction of sp³-hybridized carbons (Fsp3) is 0.267. The average Bonchev–Trinajstić information content (AvgIpc) is 3.33. The summed E-state index contributed by atoms with van der Waals surface area (Å²) in [5, 5.41) is 6.65. The van der Waals surface area contributed by atoms with Crippen molar-refractivity contribution >= 4 is 17.2 Å². The highest BCUT2D eigenvalue weighted by Gasteiger charge is 2.20. The fourth-order valence-corrected chi connectivity index (χ4v) is 4.95. The summed E-state index contributed by atoms with van der Waals surface area (Å²) in [6.07, 6.45) is 10.6. The van der Waals surface area contributed by atoms with Crippen LogP contribution in [0.1, 0.15) is 52.6 Å². The molecule has 4 aromatic heterocycles. The highest BCUT2D eigenvalue weighted by atomic mass is 16.2. The summed E-state index contributed by atoms with van der Waals surface area (Å²) in [4.78, 5) is 34.0. The second-order valence-corrected chi connectivity index (χ2v) is 10.00. The lowest BCUT2D eigenvalue weighted by molar-refractivity contribution is 0.0945. The van der Waals surface area contributed by atoms with E-state index in [1.165, 1.54) is 40.9 Å². The summed E-state index contributed by atoms with van der Waals surface area (Å²) >= 11 is 0. The minimum atomic E-state index is -0.408. The first-order valence-corrected chi connectivity index (χ1v) is 13.1. The van der Waals surface area contributed by atoms with Crippen LogP contribution in [0.2, 0.25) is 0 Å². The first-order chi connectivity index (χ1) is 18.6. The first-order valence-electron chi connectivity index (χ1n) is 13.1. The Hall–Kier alpha value is -4.30. The predicted molar refractivity (Wildman–Crippen MR) is 146 cm³/mol. The van der Waals surface area contributed by atoms with E-state index in [9.17, 15) is 9.59 Å². The number of aromatic nitrogens is 4. The van der Waals surface area contributed by atoms with E-state index in [-0.39, 0.29) is 23.8 Å². The lowest BCUT2D eigenvalue weighted by Crippen LogP contribution is -2.31. The number of benzene rings is 1. The quantitative estimate of drug-likeness (QED) is 0.316. The monoisotopic (exact) mass is 506 g/mol. The number of rotatable bonds is 9. The van der Waals surface area contributed by atoms with Gasteiger partial charge in [0, 0.05) is 30.7 Å². The maximum atomic E-state index is 12.7. The third-order valence-electron chi connectivity index (χ3n) is 7.32. The number of hydrogen-bond donors (Lipinski definition) is 2. The molecule has 0 spiro atoms. The van der Waals surface area contributed by atoms with Gasteiger partial charge in [0.2, 0.25) is 0 Å². The van der Waals surface area contributed by atoms with Gasteiger partial charge in [-0.15, -0.1) is 0 Å². The SMILES string of the molecule is O=C(NCc1cn2cc(C(Cc3ccccc3)NCC3CCC3)ccc2n1)c1cc(=O)n2ccccc2n1. The Morgan fingerprint density at radius 2 is 1.82 bits per heavy atom. The third-order valence-corrected chi connectivity index (χ3v) is 7.32. The van der Waals surface area contributed by atoms with Crippen molar-refractivity contribution in [3.8, 4) is 0 Å². The number of pyridine rings is 2. The van der Waals surface area contributed by atoms with Gasteiger partial charge in [0.1, 0.15) is 17.0 Å². The molecule has 0 saturated heterocycles. The van der Waals surface area contributed by atoms with Gasteiger partial charge in [-0.2, -0.15) is 0 Å². The molecule has 1 atom stereocenters. The molecule has 0 bridgehead atoms. The Morgan fingerprint density at radius 3 is 2.63 bits per heavy atom. The largest absolute Gasteiger partial charge is 0.345 e. The van der Waals surface area contributed by atoms with Gasteiger partial charge >= 0.3 is 0 Å². The molecule has 1 aromatic carbocycles. The van der Waals surface area contributed by atoms with Gasteiger partial charge in [-0.1, -0.05) is 48.9 Å². The zero-order valence-corrected chi connectivity index (χ0v) is 21.1. The molecule has 192 valence electrons. The van der Waals surface area contributed by atoms with Crippen molar-refractivity contribution in [2.45, 2.75) is 38.3 Å². The molecule has 1 aliphatic rings. The van der Waals surface area contributed by atoms with Crippen molar-refractivity contribution < 1.29 is 4.79 Å². The minimum Gasteiger partial charge on any atom is -0.345 e. The summed E-state index contributed by atoms with van der Waals surface area (Å²) in [6.45, 7) is 1.27. The molecule has 1 unspecified atom stereocenters. The number of amides is 1. The molecule has 38 heavy (non-hydrogen) atoms. The topological polar surface area (TPSA) is 92.8 Å². The number of carbonyl (C=O) groups is 1. The van der Waals surface area contributed by atoms with E-state index < -0.39 is 5.91 Å². The molecule has 6 rings (SSSR count). The molecule has 8 heteroatoms. The lowest BCUT2D eigenvalue weighted by Gasteiger charge is -2.29. The van der Waals surface area contributed by atoms with Crippen molar-refractivity contribution in [3.05, 3.63) is 118 Å². The van der Waals surface area contributed by atoms with E-state index in [1.807, 2.05) is 22.7 Å². The molecule has 1 fully saturated rings. The van der Waals surface area contributed by atoms with Crippen molar-refractivity contribution in [1.29, 1.82) is 0 Å². The number of imidazole rings is 1. The zero-order valence-electron chi connectivity index (χ0n) is 21.1. The van der Waals surface area contributed by atoms with Gasteiger partial charge < -0.3 is 15.0 Å². The number of fused-ring (bicyclic) bond motifs is 2. The Labute approximate surface area is 220 Å². The van der Waals surface area contributed by atoms with E-state index >= 15 is 0 Å². The van der Waals surface area contributed by atoms with Crippen LogP contribution in [0.15, 0.2) is 90.1 Å². The molecular weight excluding hydrogens is 476 g/mol. The van der Waals surface area contributed by atoms with Gasteiger partial charge in [0.05, 0.1) is 12.2 Å². The van der Waals surface area contributed by atoms with Crippen LogP contribution in [-0.4, -0.2) is 31.2 Å². The van der Waals surface area contributed by atoms with E-state index in [0.717, 1.165) is 30.2 Å². The highest BCUT2D eigenvalue weighted by Crippen LogP contribution is 2.27. The van der Waals surface area contributed by atoms with Crippen molar-refractivity contribution in [2.75, 3.05) is 6.54 Å². The Balaban J connectivity index is 1.17. The molecule has 5 aromatic rings. The van der Waals surface area contributed by atoms with Crippen molar-refractivity contribution in [1.82, 2.24) is 29.4 Å². The van der Waals surface area contributed by atoms with Crippen LogP contribution in [0.5, 0.6) is 0 Å². The molecule has 4 heterocycles. The number of carbonyl (C=O) groups excluding carboxylic acids is 1. The summed E-state index contributed by atoms with van der Waals surface area (Å²) in [5.74, 6) is 0.364. The molecular formula is C30H30N6O2. The van der Waals surface area contributed by atoms with Crippen LogP contribution in [0.3, 0.4) is 0 Å². The maximum absolute atomic E-state index is 12.7. The van der Waals surface area contributed by atoms with E-state index in [1.54, 1.807) is 24.4 Å². The number of hydrogen-bond acceptors (Lipinski definition) is 5.